The van der Waals surface area contributed by atoms with Crippen LogP contribution in [0.4, 0.5) is 5.69 Å². The molecule has 0 saturated carbocycles. The van der Waals surface area contributed by atoms with E-state index in [0.29, 0.717) is 5.39 Å². The minimum Gasteiger partial charge on any atom is -0.264 e. The molecular weight excluding hydrogens is 252 g/mol. The van der Waals surface area contributed by atoms with Gasteiger partial charge in [-0.05, 0) is 29.9 Å². The SMILES string of the molecule is CC(Cl)C(C)c1ccc([N+](=O)[O-])c2cnccc12. The van der Waals surface area contributed by atoms with E-state index >= 15 is 0 Å². The second-order valence-electron chi connectivity index (χ2n) is 4.32. The van der Waals surface area contributed by atoms with Crippen molar-refractivity contribution in [2.24, 2.45) is 0 Å². The maximum absolute atomic E-state index is 11.0. The van der Waals surface area contributed by atoms with E-state index in [9.17, 15) is 10.1 Å². The van der Waals surface area contributed by atoms with Crippen molar-refractivity contribution in [1.82, 2.24) is 4.98 Å². The number of nitro benzene ring substituents is 1. The zero-order valence-corrected chi connectivity index (χ0v) is 10.9. The van der Waals surface area contributed by atoms with Crippen molar-refractivity contribution < 1.29 is 4.92 Å². The number of aromatic nitrogens is 1. The lowest BCUT2D eigenvalue weighted by atomic mass is 9.93. The fraction of sp³-hybridized carbons (Fsp3) is 0.308. The van der Waals surface area contributed by atoms with Crippen LogP contribution in [0.1, 0.15) is 25.3 Å². The number of rotatable bonds is 3. The maximum atomic E-state index is 11.0. The number of halogens is 1. The van der Waals surface area contributed by atoms with E-state index in [2.05, 4.69) is 4.98 Å². The molecule has 2 aromatic rings. The molecule has 0 bridgehead atoms. The molecule has 1 heterocycles. The number of nitro groups is 1. The lowest BCUT2D eigenvalue weighted by molar-refractivity contribution is -0.383. The highest BCUT2D eigenvalue weighted by Gasteiger charge is 2.19. The van der Waals surface area contributed by atoms with Crippen LogP contribution in [0.25, 0.3) is 10.8 Å². The van der Waals surface area contributed by atoms with E-state index in [0.717, 1.165) is 10.9 Å². The summed E-state index contributed by atoms with van der Waals surface area (Å²) >= 11 is 6.12. The van der Waals surface area contributed by atoms with Gasteiger partial charge in [0.2, 0.25) is 0 Å². The Hall–Kier alpha value is -1.68. The first-order valence-electron chi connectivity index (χ1n) is 5.67. The zero-order chi connectivity index (χ0) is 13.3. The molecule has 1 aromatic heterocycles. The summed E-state index contributed by atoms with van der Waals surface area (Å²) in [6, 6.07) is 5.10. The Morgan fingerprint density at radius 3 is 2.61 bits per heavy atom. The average molecular weight is 265 g/mol. The van der Waals surface area contributed by atoms with Crippen LogP contribution in [0.3, 0.4) is 0 Å². The molecular formula is C13H13ClN2O2. The third-order valence-corrected chi connectivity index (χ3v) is 3.58. The Balaban J connectivity index is 2.72. The van der Waals surface area contributed by atoms with Gasteiger partial charge in [-0.1, -0.05) is 13.0 Å². The van der Waals surface area contributed by atoms with E-state index in [1.807, 2.05) is 13.8 Å². The molecule has 1 aromatic carbocycles. The van der Waals surface area contributed by atoms with E-state index in [4.69, 9.17) is 11.6 Å². The van der Waals surface area contributed by atoms with Crippen LogP contribution >= 0.6 is 11.6 Å². The van der Waals surface area contributed by atoms with Crippen LogP contribution < -0.4 is 0 Å². The number of non-ortho nitro benzene ring substituents is 1. The van der Waals surface area contributed by atoms with Crippen molar-refractivity contribution in [2.75, 3.05) is 0 Å². The van der Waals surface area contributed by atoms with Crippen LogP contribution in [-0.2, 0) is 0 Å². The van der Waals surface area contributed by atoms with Gasteiger partial charge in [0.1, 0.15) is 0 Å². The summed E-state index contributed by atoms with van der Waals surface area (Å²) in [5, 5.41) is 12.3. The van der Waals surface area contributed by atoms with Gasteiger partial charge in [-0.25, -0.2) is 0 Å². The lowest BCUT2D eigenvalue weighted by Gasteiger charge is -2.16. The summed E-state index contributed by atoms with van der Waals surface area (Å²) in [7, 11) is 0. The monoisotopic (exact) mass is 264 g/mol. The molecule has 5 heteroatoms. The summed E-state index contributed by atoms with van der Waals surface area (Å²) in [6.07, 6.45) is 3.17. The van der Waals surface area contributed by atoms with Gasteiger partial charge in [0.15, 0.2) is 0 Å². The quantitative estimate of drug-likeness (QED) is 0.480. The fourth-order valence-corrected chi connectivity index (χ4v) is 2.14. The van der Waals surface area contributed by atoms with Crippen LogP contribution in [0, 0.1) is 10.1 Å². The van der Waals surface area contributed by atoms with Gasteiger partial charge in [-0.3, -0.25) is 15.1 Å². The highest BCUT2D eigenvalue weighted by atomic mass is 35.5. The molecule has 4 nitrogen and oxygen atoms in total. The third kappa shape index (κ3) is 2.16. The second-order valence-corrected chi connectivity index (χ2v) is 5.01. The first kappa shape index (κ1) is 12.8. The number of pyridine rings is 1. The van der Waals surface area contributed by atoms with Crippen molar-refractivity contribution in [2.45, 2.75) is 25.1 Å². The molecule has 0 amide bonds. The largest absolute Gasteiger partial charge is 0.278 e. The van der Waals surface area contributed by atoms with E-state index < -0.39 is 0 Å². The van der Waals surface area contributed by atoms with Crippen molar-refractivity contribution in [3.63, 3.8) is 0 Å². The first-order valence-corrected chi connectivity index (χ1v) is 6.11. The molecule has 0 radical (unpaired) electrons. The number of alkyl halides is 1. The van der Waals surface area contributed by atoms with Crippen molar-refractivity contribution in [3.05, 3.63) is 46.3 Å². The Morgan fingerprint density at radius 2 is 2.00 bits per heavy atom. The minimum absolute atomic E-state index is 0.0391. The minimum atomic E-state index is -0.386. The molecule has 18 heavy (non-hydrogen) atoms. The summed E-state index contributed by atoms with van der Waals surface area (Å²) in [5.41, 5.74) is 1.09. The molecule has 0 spiro atoms. The van der Waals surface area contributed by atoms with Crippen LogP contribution in [-0.4, -0.2) is 15.3 Å². The van der Waals surface area contributed by atoms with E-state index in [1.54, 1.807) is 18.3 Å². The standard InChI is InChI=1S/C13H13ClN2O2/c1-8(9(2)14)10-3-4-13(16(17)18)12-7-15-6-5-11(10)12/h3-9H,1-2H3. The summed E-state index contributed by atoms with van der Waals surface area (Å²) in [4.78, 5) is 14.6. The molecule has 0 aliphatic rings. The molecule has 0 fully saturated rings. The lowest BCUT2D eigenvalue weighted by Crippen LogP contribution is -2.06. The molecule has 0 saturated heterocycles. The van der Waals surface area contributed by atoms with Crippen molar-refractivity contribution in [1.29, 1.82) is 0 Å². The van der Waals surface area contributed by atoms with Gasteiger partial charge < -0.3 is 0 Å². The number of benzene rings is 1. The van der Waals surface area contributed by atoms with E-state index in [-0.39, 0.29) is 21.9 Å². The van der Waals surface area contributed by atoms with Gasteiger partial charge in [0, 0.05) is 23.8 Å². The Morgan fingerprint density at radius 1 is 1.28 bits per heavy atom. The fourth-order valence-electron chi connectivity index (χ4n) is 2.00. The second kappa shape index (κ2) is 4.90. The smallest absolute Gasteiger partial charge is 0.264 e. The van der Waals surface area contributed by atoms with Gasteiger partial charge in [-0.15, -0.1) is 11.6 Å². The molecule has 2 rings (SSSR count). The Kier molecular flexibility index (Phi) is 3.48. The number of nitrogens with zero attached hydrogens (tertiary/aromatic N) is 2. The van der Waals surface area contributed by atoms with Gasteiger partial charge in [-0.2, -0.15) is 0 Å². The molecule has 94 valence electrons. The summed E-state index contributed by atoms with van der Waals surface area (Å²) in [5.74, 6) is 0.123. The van der Waals surface area contributed by atoms with E-state index in [1.165, 1.54) is 12.3 Å². The maximum Gasteiger partial charge on any atom is 0.278 e. The Bertz CT molecular complexity index is 599. The average Bonchev–Trinajstić information content (AvgIpc) is 2.36. The van der Waals surface area contributed by atoms with Gasteiger partial charge in [0.05, 0.1) is 10.3 Å². The zero-order valence-electron chi connectivity index (χ0n) is 10.1. The van der Waals surface area contributed by atoms with Gasteiger partial charge in [0.25, 0.3) is 5.69 Å². The van der Waals surface area contributed by atoms with Crippen molar-refractivity contribution in [3.8, 4) is 0 Å². The molecule has 0 aliphatic carbocycles. The highest BCUT2D eigenvalue weighted by molar-refractivity contribution is 6.21. The van der Waals surface area contributed by atoms with Crippen LogP contribution in [0.2, 0.25) is 0 Å². The third-order valence-electron chi connectivity index (χ3n) is 3.21. The molecule has 2 atom stereocenters. The van der Waals surface area contributed by atoms with Crippen molar-refractivity contribution >= 4 is 28.1 Å². The van der Waals surface area contributed by atoms with Crippen LogP contribution in [0.5, 0.6) is 0 Å². The summed E-state index contributed by atoms with van der Waals surface area (Å²) < 4.78 is 0. The number of hydrogen-bond acceptors (Lipinski definition) is 3. The topological polar surface area (TPSA) is 56.0 Å². The highest BCUT2D eigenvalue weighted by Crippen LogP contribution is 2.33. The normalized spacial score (nSPS) is 14.4. The molecule has 0 N–H and O–H groups in total. The molecule has 0 aliphatic heterocycles. The molecule has 2 unspecified atom stereocenters. The first-order chi connectivity index (χ1) is 8.52. The summed E-state index contributed by atoms with van der Waals surface area (Å²) in [6.45, 7) is 3.93. The van der Waals surface area contributed by atoms with Gasteiger partial charge >= 0.3 is 0 Å². The predicted molar refractivity (Wildman–Crippen MR) is 72.1 cm³/mol. The predicted octanol–water partition coefficient (Wildman–Crippen LogP) is 3.87. The Labute approximate surface area is 110 Å². The number of hydrogen-bond donors (Lipinski definition) is 0. The van der Waals surface area contributed by atoms with Crippen LogP contribution in [0.15, 0.2) is 30.6 Å². The number of fused-ring (bicyclic) bond motifs is 1.